The monoisotopic (exact) mass is 290 g/mol. The Morgan fingerprint density at radius 1 is 1.43 bits per heavy atom. The lowest BCUT2D eigenvalue weighted by Gasteiger charge is -2.12. The van der Waals surface area contributed by atoms with E-state index >= 15 is 0 Å². The van der Waals surface area contributed by atoms with Gasteiger partial charge in [0, 0.05) is 12.2 Å². The van der Waals surface area contributed by atoms with E-state index < -0.39 is 0 Å². The quantitative estimate of drug-likeness (QED) is 0.715. The van der Waals surface area contributed by atoms with Gasteiger partial charge in [0.2, 0.25) is 0 Å². The summed E-state index contributed by atoms with van der Waals surface area (Å²) in [4.78, 5) is 11.8. The van der Waals surface area contributed by atoms with E-state index in [1.165, 1.54) is 5.56 Å². The number of H-pyrrole nitrogens is 1. The number of aromatic amines is 1. The molecule has 0 aliphatic heterocycles. The van der Waals surface area contributed by atoms with Gasteiger partial charge in [-0.3, -0.25) is 5.10 Å². The van der Waals surface area contributed by atoms with Crippen LogP contribution in [0.2, 0.25) is 0 Å². The van der Waals surface area contributed by atoms with Gasteiger partial charge in [0.1, 0.15) is 11.5 Å². The number of nitrogens with one attached hydrogen (secondary N) is 3. The van der Waals surface area contributed by atoms with Crippen LogP contribution < -0.4 is 10.6 Å². The Labute approximate surface area is 124 Å². The number of hydrogen-bond donors (Lipinski definition) is 3. The molecule has 0 aliphatic carbocycles. The molecule has 3 N–H and O–H groups in total. The molecule has 0 unspecified atom stereocenters. The van der Waals surface area contributed by atoms with Crippen LogP contribution in [0.1, 0.15) is 42.2 Å². The largest absolute Gasteiger partial charge is 0.464 e. The molecule has 1 atom stereocenters. The van der Waals surface area contributed by atoms with Crippen molar-refractivity contribution in [1.29, 1.82) is 0 Å². The number of amides is 2. The zero-order valence-corrected chi connectivity index (χ0v) is 12.7. The standard InChI is InChI=1S/C15H22N4O2/c1-10-6-7-14(21-10)12(3)18-15(20)16-8-4-5-13-9-17-19-11(13)2/h6-7,9,12H,4-5,8H2,1-3H3,(H,17,19)(H2,16,18,20)/t12-/m1/s1. The maximum absolute atomic E-state index is 11.8. The molecule has 2 heterocycles. The number of aromatic nitrogens is 2. The molecule has 2 aromatic rings. The summed E-state index contributed by atoms with van der Waals surface area (Å²) in [7, 11) is 0. The van der Waals surface area contributed by atoms with Crippen LogP contribution >= 0.6 is 0 Å². The Balaban J connectivity index is 1.67. The average molecular weight is 290 g/mol. The fraction of sp³-hybridized carbons (Fsp3) is 0.467. The second kappa shape index (κ2) is 6.97. The van der Waals surface area contributed by atoms with Crippen molar-refractivity contribution in [3.63, 3.8) is 0 Å². The molecule has 2 aromatic heterocycles. The fourth-order valence-corrected chi connectivity index (χ4v) is 2.11. The SMILES string of the molecule is Cc1ccc([C@@H](C)NC(=O)NCCCc2cn[nH]c2C)o1. The van der Waals surface area contributed by atoms with E-state index in [4.69, 9.17) is 4.42 Å². The van der Waals surface area contributed by atoms with Gasteiger partial charge >= 0.3 is 6.03 Å². The molecular formula is C15H22N4O2. The van der Waals surface area contributed by atoms with E-state index in [1.54, 1.807) is 0 Å². The van der Waals surface area contributed by atoms with E-state index in [0.29, 0.717) is 6.54 Å². The summed E-state index contributed by atoms with van der Waals surface area (Å²) >= 11 is 0. The first-order valence-corrected chi connectivity index (χ1v) is 7.16. The van der Waals surface area contributed by atoms with Crippen LogP contribution in [-0.4, -0.2) is 22.8 Å². The molecule has 0 radical (unpaired) electrons. The molecule has 0 aromatic carbocycles. The number of aryl methyl sites for hydroxylation is 3. The van der Waals surface area contributed by atoms with Crippen LogP contribution in [0.4, 0.5) is 4.79 Å². The maximum Gasteiger partial charge on any atom is 0.315 e. The van der Waals surface area contributed by atoms with Gasteiger partial charge in [-0.1, -0.05) is 0 Å². The molecule has 0 aliphatic rings. The van der Waals surface area contributed by atoms with Crippen LogP contribution in [0, 0.1) is 13.8 Å². The molecule has 0 fully saturated rings. The van der Waals surface area contributed by atoms with Gasteiger partial charge in [0.05, 0.1) is 12.2 Å². The molecule has 114 valence electrons. The third-order valence-electron chi connectivity index (χ3n) is 3.38. The summed E-state index contributed by atoms with van der Waals surface area (Å²) in [5.74, 6) is 1.60. The molecule has 6 heteroatoms. The summed E-state index contributed by atoms with van der Waals surface area (Å²) in [6, 6.07) is 3.44. The van der Waals surface area contributed by atoms with Gasteiger partial charge in [-0.25, -0.2) is 4.79 Å². The summed E-state index contributed by atoms with van der Waals surface area (Å²) < 4.78 is 5.48. The fourth-order valence-electron chi connectivity index (χ4n) is 2.11. The number of rotatable bonds is 6. The number of carbonyl (C=O) groups is 1. The van der Waals surface area contributed by atoms with E-state index in [9.17, 15) is 4.79 Å². The van der Waals surface area contributed by atoms with Gasteiger partial charge in [-0.15, -0.1) is 0 Å². The van der Waals surface area contributed by atoms with Crippen molar-refractivity contribution in [3.8, 4) is 0 Å². The Hall–Kier alpha value is -2.24. The van der Waals surface area contributed by atoms with Crippen molar-refractivity contribution in [2.45, 2.75) is 39.7 Å². The highest BCUT2D eigenvalue weighted by Gasteiger charge is 2.12. The first kappa shape index (κ1) is 15.2. The van der Waals surface area contributed by atoms with Crippen molar-refractivity contribution in [3.05, 3.63) is 41.1 Å². The predicted molar refractivity (Wildman–Crippen MR) is 80.0 cm³/mol. The maximum atomic E-state index is 11.8. The first-order valence-electron chi connectivity index (χ1n) is 7.16. The van der Waals surface area contributed by atoms with Crippen molar-refractivity contribution >= 4 is 6.03 Å². The zero-order chi connectivity index (χ0) is 15.2. The lowest BCUT2D eigenvalue weighted by molar-refractivity contribution is 0.236. The molecule has 6 nitrogen and oxygen atoms in total. The summed E-state index contributed by atoms with van der Waals surface area (Å²) in [5, 5.41) is 12.6. The molecular weight excluding hydrogens is 268 g/mol. The van der Waals surface area contributed by atoms with E-state index in [0.717, 1.165) is 30.1 Å². The minimum atomic E-state index is -0.180. The summed E-state index contributed by atoms with van der Waals surface area (Å²) in [5.41, 5.74) is 2.28. The van der Waals surface area contributed by atoms with Crippen molar-refractivity contribution in [2.75, 3.05) is 6.54 Å². The number of urea groups is 1. The normalized spacial score (nSPS) is 12.1. The van der Waals surface area contributed by atoms with Crippen LogP contribution in [0.5, 0.6) is 0 Å². The highest BCUT2D eigenvalue weighted by molar-refractivity contribution is 5.74. The molecule has 0 saturated carbocycles. The lowest BCUT2D eigenvalue weighted by Crippen LogP contribution is -2.37. The van der Waals surface area contributed by atoms with Crippen LogP contribution in [0.3, 0.4) is 0 Å². The number of furan rings is 1. The Morgan fingerprint density at radius 3 is 2.86 bits per heavy atom. The Bertz CT molecular complexity index is 588. The third-order valence-corrected chi connectivity index (χ3v) is 3.38. The Morgan fingerprint density at radius 2 is 2.24 bits per heavy atom. The molecule has 2 amide bonds. The van der Waals surface area contributed by atoms with Crippen molar-refractivity contribution < 1.29 is 9.21 Å². The minimum absolute atomic E-state index is 0.144. The van der Waals surface area contributed by atoms with E-state index in [1.807, 2.05) is 39.1 Å². The van der Waals surface area contributed by atoms with E-state index in [-0.39, 0.29) is 12.1 Å². The van der Waals surface area contributed by atoms with Crippen LogP contribution in [-0.2, 0) is 6.42 Å². The van der Waals surface area contributed by atoms with Gasteiger partial charge < -0.3 is 15.1 Å². The third kappa shape index (κ3) is 4.37. The number of carbonyl (C=O) groups excluding carboxylic acids is 1. The van der Waals surface area contributed by atoms with Gasteiger partial charge in [-0.05, 0) is 51.3 Å². The van der Waals surface area contributed by atoms with Crippen LogP contribution in [0.15, 0.2) is 22.7 Å². The first-order chi connectivity index (χ1) is 10.1. The topological polar surface area (TPSA) is 83.0 Å². The van der Waals surface area contributed by atoms with Crippen molar-refractivity contribution in [2.24, 2.45) is 0 Å². The second-order valence-corrected chi connectivity index (χ2v) is 5.19. The molecule has 0 spiro atoms. The predicted octanol–water partition coefficient (Wildman–Crippen LogP) is 2.61. The summed E-state index contributed by atoms with van der Waals surface area (Å²) in [6.45, 7) is 6.40. The summed E-state index contributed by atoms with van der Waals surface area (Å²) in [6.07, 6.45) is 3.61. The van der Waals surface area contributed by atoms with Gasteiger partial charge in [-0.2, -0.15) is 5.10 Å². The smallest absolute Gasteiger partial charge is 0.315 e. The lowest BCUT2D eigenvalue weighted by atomic mass is 10.1. The average Bonchev–Trinajstić information content (AvgIpc) is 3.04. The van der Waals surface area contributed by atoms with Gasteiger partial charge in [0.15, 0.2) is 0 Å². The number of nitrogens with zero attached hydrogens (tertiary/aromatic N) is 1. The zero-order valence-electron chi connectivity index (χ0n) is 12.7. The van der Waals surface area contributed by atoms with Crippen molar-refractivity contribution in [1.82, 2.24) is 20.8 Å². The highest BCUT2D eigenvalue weighted by Crippen LogP contribution is 2.15. The Kier molecular flexibility index (Phi) is 5.03. The highest BCUT2D eigenvalue weighted by atomic mass is 16.3. The molecule has 0 saturated heterocycles. The molecule has 0 bridgehead atoms. The molecule has 2 rings (SSSR count). The van der Waals surface area contributed by atoms with Gasteiger partial charge in [0.25, 0.3) is 0 Å². The second-order valence-electron chi connectivity index (χ2n) is 5.19. The minimum Gasteiger partial charge on any atom is -0.464 e. The van der Waals surface area contributed by atoms with E-state index in [2.05, 4.69) is 20.8 Å². The molecule has 21 heavy (non-hydrogen) atoms. The van der Waals surface area contributed by atoms with Crippen LogP contribution in [0.25, 0.3) is 0 Å². The number of hydrogen-bond acceptors (Lipinski definition) is 3.